The number of nitrogens with zero attached hydrogens (tertiary/aromatic N) is 3. The molecule has 154 valence electrons. The number of methoxy groups -OCH3 is 2. The van der Waals surface area contributed by atoms with Gasteiger partial charge in [0.1, 0.15) is 5.75 Å². The van der Waals surface area contributed by atoms with Gasteiger partial charge in [-0.1, -0.05) is 6.07 Å². The van der Waals surface area contributed by atoms with Crippen LogP contribution in [0.4, 0.5) is 0 Å². The molecule has 0 radical (unpaired) electrons. The van der Waals surface area contributed by atoms with Crippen LogP contribution in [0.3, 0.4) is 0 Å². The summed E-state index contributed by atoms with van der Waals surface area (Å²) in [5.41, 5.74) is 2.17. The largest absolute Gasteiger partial charge is 0.496 e. The number of carbonyl (C=O) groups is 1. The fourth-order valence-corrected chi connectivity index (χ4v) is 3.71. The molecule has 2 heterocycles. The van der Waals surface area contributed by atoms with Gasteiger partial charge in [0.05, 0.1) is 25.3 Å². The van der Waals surface area contributed by atoms with Crippen LogP contribution in [0.1, 0.15) is 27.0 Å². The van der Waals surface area contributed by atoms with Gasteiger partial charge in [0, 0.05) is 13.1 Å². The van der Waals surface area contributed by atoms with Crippen LogP contribution in [0.25, 0.3) is 10.7 Å². The normalized spacial score (nSPS) is 15.0. The second-order valence-corrected chi connectivity index (χ2v) is 6.79. The average molecular weight is 410 g/mol. The topological polar surface area (TPSA) is 106 Å². The maximum atomic E-state index is 13.5. The maximum absolute atomic E-state index is 13.5. The number of hydrogen-bond donors (Lipinski definition) is 1. The molecule has 0 unspecified atom stereocenters. The third-order valence-corrected chi connectivity index (χ3v) is 5.21. The fraction of sp³-hybridized carbons (Fsp3) is 0.286. The molecule has 30 heavy (non-hydrogen) atoms. The van der Waals surface area contributed by atoms with Gasteiger partial charge >= 0.3 is 11.6 Å². The highest BCUT2D eigenvalue weighted by atomic mass is 16.7. The van der Waals surface area contributed by atoms with Crippen LogP contribution in [0.5, 0.6) is 17.2 Å². The van der Waals surface area contributed by atoms with Crippen LogP contribution in [0.2, 0.25) is 0 Å². The molecule has 1 N–H and O–H groups in total. The zero-order chi connectivity index (χ0) is 21.3. The number of aliphatic hydroxyl groups is 1. The lowest BCUT2D eigenvalue weighted by atomic mass is 9.96. The monoisotopic (exact) mass is 410 g/mol. The number of fused-ring (bicyclic) bond motifs is 2. The summed E-state index contributed by atoms with van der Waals surface area (Å²) in [4.78, 5) is 18.3. The second kappa shape index (κ2) is 7.83. The van der Waals surface area contributed by atoms with Gasteiger partial charge in [-0.05, 0) is 41.8 Å². The van der Waals surface area contributed by atoms with E-state index in [1.54, 1.807) is 23.1 Å². The second-order valence-electron chi connectivity index (χ2n) is 6.79. The molecule has 0 aliphatic carbocycles. The van der Waals surface area contributed by atoms with Crippen LogP contribution in [-0.2, 0) is 17.7 Å². The Bertz CT molecular complexity index is 1090. The molecule has 2 aliphatic heterocycles. The molecule has 0 spiro atoms. The molecule has 2 aromatic carbocycles. The van der Waals surface area contributed by atoms with Gasteiger partial charge in [0.2, 0.25) is 12.2 Å². The number of rotatable bonds is 4. The minimum Gasteiger partial charge on any atom is -0.496 e. The van der Waals surface area contributed by atoms with Gasteiger partial charge in [-0.3, -0.25) is 4.79 Å². The first-order chi connectivity index (χ1) is 14.6. The Labute approximate surface area is 172 Å². The average Bonchev–Trinajstić information content (AvgIpc) is 3.24. The Morgan fingerprint density at radius 1 is 1.20 bits per heavy atom. The van der Waals surface area contributed by atoms with Crippen molar-refractivity contribution in [3.05, 3.63) is 63.5 Å². The fourth-order valence-electron chi connectivity index (χ4n) is 3.71. The molecular formula is C21H20N3O6+. The van der Waals surface area contributed by atoms with E-state index >= 15 is 0 Å². The van der Waals surface area contributed by atoms with Gasteiger partial charge in [0.15, 0.2) is 16.5 Å². The third-order valence-electron chi connectivity index (χ3n) is 5.21. The first kappa shape index (κ1) is 19.4. The van der Waals surface area contributed by atoms with Crippen molar-refractivity contribution in [2.45, 2.75) is 13.0 Å². The van der Waals surface area contributed by atoms with Crippen molar-refractivity contribution >= 4 is 11.6 Å². The highest BCUT2D eigenvalue weighted by Gasteiger charge is 2.34. The number of aliphatic hydroxyl groups excluding tert-OH is 1. The SMILES string of the molecule is CO/C(O)=C(\[N+]#N)c1cccc(OC)c1C(=O)N1CCc2cc3c(cc2C1)OCO3. The van der Waals surface area contributed by atoms with Crippen LogP contribution in [0.15, 0.2) is 36.3 Å². The zero-order valence-corrected chi connectivity index (χ0v) is 16.5. The molecule has 0 saturated heterocycles. The lowest BCUT2D eigenvalue weighted by Crippen LogP contribution is -2.36. The molecule has 2 aromatic rings. The number of diazo groups is 1. The number of hydrogen-bond acceptors (Lipinski definition) is 7. The van der Waals surface area contributed by atoms with Gasteiger partial charge in [-0.2, -0.15) is 0 Å². The van der Waals surface area contributed by atoms with Crippen molar-refractivity contribution in [2.24, 2.45) is 0 Å². The maximum Gasteiger partial charge on any atom is 0.472 e. The first-order valence-electron chi connectivity index (χ1n) is 9.27. The molecule has 0 aromatic heterocycles. The summed E-state index contributed by atoms with van der Waals surface area (Å²) < 4.78 is 21.1. The van der Waals surface area contributed by atoms with E-state index in [2.05, 4.69) is 4.98 Å². The highest BCUT2D eigenvalue weighted by Crippen LogP contribution is 2.38. The van der Waals surface area contributed by atoms with Crippen LogP contribution in [0, 0.1) is 5.39 Å². The predicted octanol–water partition coefficient (Wildman–Crippen LogP) is 3.31. The van der Waals surface area contributed by atoms with E-state index in [-0.39, 0.29) is 29.5 Å². The first-order valence-corrected chi connectivity index (χ1v) is 9.27. The summed E-state index contributed by atoms with van der Waals surface area (Å²) in [7, 11) is 2.67. The summed E-state index contributed by atoms with van der Waals surface area (Å²) in [5.74, 6) is 0.733. The van der Waals surface area contributed by atoms with Crippen LogP contribution in [-0.4, -0.2) is 43.5 Å². The Hall–Kier alpha value is -3.93. The lowest BCUT2D eigenvalue weighted by molar-refractivity contribution is 0.0730. The molecule has 1 amide bonds. The van der Waals surface area contributed by atoms with E-state index in [9.17, 15) is 15.3 Å². The standard InChI is InChI=1S/C21H19N3O6/c1-27-15-5-3-4-14(19(23-22)21(26)28-2)18(15)20(25)24-7-6-12-8-16-17(30-11-29-16)9-13(12)10-24/h3-5,8-9H,6-7,10-11H2,1-2H3/p+1. The minimum atomic E-state index is -0.614. The van der Waals surface area contributed by atoms with E-state index < -0.39 is 5.95 Å². The summed E-state index contributed by atoms with van der Waals surface area (Å²) in [6.45, 7) is 1.04. The molecule has 2 aliphatic rings. The number of carbonyl (C=O) groups excluding carboxylic acids is 1. The van der Waals surface area contributed by atoms with Gasteiger partial charge < -0.3 is 29.0 Å². The Kier molecular flexibility index (Phi) is 5.06. The van der Waals surface area contributed by atoms with E-state index in [1.165, 1.54) is 14.2 Å². The van der Waals surface area contributed by atoms with Crippen molar-refractivity contribution in [3.63, 3.8) is 0 Å². The number of benzene rings is 2. The Morgan fingerprint density at radius 3 is 2.60 bits per heavy atom. The smallest absolute Gasteiger partial charge is 0.472 e. The summed E-state index contributed by atoms with van der Waals surface area (Å²) >= 11 is 0. The minimum absolute atomic E-state index is 0.167. The van der Waals surface area contributed by atoms with Gasteiger partial charge in [-0.15, -0.1) is 0 Å². The summed E-state index contributed by atoms with van der Waals surface area (Å²) in [6, 6.07) is 8.66. The Balaban J connectivity index is 1.73. The molecule has 4 rings (SSSR count). The zero-order valence-electron chi connectivity index (χ0n) is 16.5. The molecular weight excluding hydrogens is 390 g/mol. The quantitative estimate of drug-likeness (QED) is 0.609. The third kappa shape index (κ3) is 3.22. The van der Waals surface area contributed by atoms with Gasteiger partial charge in [-0.25, -0.2) is 0 Å². The van der Waals surface area contributed by atoms with Crippen molar-refractivity contribution in [2.75, 3.05) is 27.6 Å². The van der Waals surface area contributed by atoms with Gasteiger partial charge in [0.25, 0.3) is 5.91 Å². The van der Waals surface area contributed by atoms with Crippen molar-refractivity contribution in [1.82, 2.24) is 4.90 Å². The number of ether oxygens (including phenoxy) is 4. The molecule has 0 atom stereocenters. The number of amides is 1. The molecule has 0 fully saturated rings. The lowest BCUT2D eigenvalue weighted by Gasteiger charge is -2.29. The van der Waals surface area contributed by atoms with Crippen molar-refractivity contribution in [3.8, 4) is 17.2 Å². The predicted molar refractivity (Wildman–Crippen MR) is 106 cm³/mol. The van der Waals surface area contributed by atoms with E-state index in [0.29, 0.717) is 31.0 Å². The van der Waals surface area contributed by atoms with Crippen LogP contribution < -0.4 is 14.2 Å². The highest BCUT2D eigenvalue weighted by molar-refractivity contribution is 6.02. The molecule has 9 nitrogen and oxygen atoms in total. The van der Waals surface area contributed by atoms with Crippen molar-refractivity contribution in [1.29, 1.82) is 5.39 Å². The summed E-state index contributed by atoms with van der Waals surface area (Å²) in [6.07, 6.45) is 0.651. The van der Waals surface area contributed by atoms with Crippen LogP contribution >= 0.6 is 0 Å². The van der Waals surface area contributed by atoms with E-state index in [0.717, 1.165) is 16.9 Å². The van der Waals surface area contributed by atoms with E-state index in [4.69, 9.17) is 18.9 Å². The molecule has 0 bridgehead atoms. The Morgan fingerprint density at radius 2 is 1.93 bits per heavy atom. The van der Waals surface area contributed by atoms with Crippen molar-refractivity contribution < 1.29 is 28.8 Å². The molecule has 0 saturated carbocycles. The molecule has 9 heteroatoms. The van der Waals surface area contributed by atoms with E-state index in [1.807, 2.05) is 12.1 Å². The summed E-state index contributed by atoms with van der Waals surface area (Å²) in [5, 5.41) is 19.4.